The number of hydrogen-bond donors (Lipinski definition) is 0. The quantitative estimate of drug-likeness (QED) is 0.195. The zero-order valence-electron chi connectivity index (χ0n) is 24.1. The molecule has 0 radical (unpaired) electrons. The lowest BCUT2D eigenvalue weighted by molar-refractivity contribution is 0.667. The van der Waals surface area contributed by atoms with E-state index in [0.29, 0.717) is 23.1 Å². The molecule has 210 valence electrons. The Kier molecular flexibility index (Phi) is 5.74. The van der Waals surface area contributed by atoms with Gasteiger partial charge in [0.2, 0.25) is 0 Å². The smallest absolute Gasteiger partial charge is 0.166 e. The van der Waals surface area contributed by atoms with Gasteiger partial charge in [-0.1, -0.05) is 115 Å². The summed E-state index contributed by atoms with van der Waals surface area (Å²) in [6.45, 7) is 0. The lowest BCUT2D eigenvalue weighted by atomic mass is 9.96. The van der Waals surface area contributed by atoms with E-state index in [1.54, 1.807) is 6.20 Å². The summed E-state index contributed by atoms with van der Waals surface area (Å²) in [5.74, 6) is 1.76. The highest BCUT2D eigenvalue weighted by molar-refractivity contribution is 6.13. The van der Waals surface area contributed by atoms with Crippen LogP contribution < -0.4 is 0 Å². The summed E-state index contributed by atoms with van der Waals surface area (Å²) in [6.07, 6.45) is 3.58. The van der Waals surface area contributed by atoms with E-state index in [-0.39, 0.29) is 0 Å². The topological polar surface area (TPSA) is 64.7 Å². The fourth-order valence-electron chi connectivity index (χ4n) is 6.19. The molecule has 9 aromatic rings. The van der Waals surface area contributed by atoms with E-state index in [2.05, 4.69) is 77.8 Å². The molecule has 0 bridgehead atoms. The Balaban J connectivity index is 1.21. The average Bonchev–Trinajstić information content (AvgIpc) is 3.50. The van der Waals surface area contributed by atoms with Gasteiger partial charge in [-0.2, -0.15) is 0 Å². The molecule has 0 saturated heterocycles. The first kappa shape index (κ1) is 25.3. The highest BCUT2D eigenvalue weighted by atomic mass is 16.3. The first-order valence-electron chi connectivity index (χ1n) is 14.9. The maximum absolute atomic E-state index is 6.43. The zero-order chi connectivity index (χ0) is 29.7. The van der Waals surface area contributed by atoms with Gasteiger partial charge in [-0.25, -0.2) is 15.0 Å². The summed E-state index contributed by atoms with van der Waals surface area (Å²) in [5, 5.41) is 6.86. The third-order valence-corrected chi connectivity index (χ3v) is 8.40. The largest absolute Gasteiger partial charge is 0.454 e. The first-order valence-corrected chi connectivity index (χ1v) is 14.9. The predicted octanol–water partition coefficient (Wildman–Crippen LogP) is 10.1. The van der Waals surface area contributed by atoms with E-state index >= 15 is 0 Å². The molecule has 5 heteroatoms. The van der Waals surface area contributed by atoms with Crippen molar-refractivity contribution in [2.45, 2.75) is 0 Å². The Labute approximate surface area is 258 Å². The minimum atomic E-state index is 0.550. The molecule has 45 heavy (non-hydrogen) atoms. The van der Waals surface area contributed by atoms with Gasteiger partial charge in [0.05, 0.1) is 6.20 Å². The molecule has 6 aromatic carbocycles. The lowest BCUT2D eigenvalue weighted by Crippen LogP contribution is -2.00. The number of furan rings is 1. The molecule has 0 aliphatic carbocycles. The summed E-state index contributed by atoms with van der Waals surface area (Å²) in [6, 6.07) is 45.9. The first-order chi connectivity index (χ1) is 22.3. The molecular formula is C40H24N4O. The van der Waals surface area contributed by atoms with E-state index in [9.17, 15) is 0 Å². The number of aromatic nitrogens is 4. The van der Waals surface area contributed by atoms with Crippen molar-refractivity contribution in [1.82, 2.24) is 19.9 Å². The monoisotopic (exact) mass is 576 g/mol. The molecule has 0 amide bonds. The van der Waals surface area contributed by atoms with Crippen LogP contribution in [0.5, 0.6) is 0 Å². The number of fused-ring (bicyclic) bond motifs is 6. The van der Waals surface area contributed by atoms with Crippen LogP contribution in [0.3, 0.4) is 0 Å². The highest BCUT2D eigenvalue weighted by Gasteiger charge is 2.19. The Morgan fingerprint density at radius 2 is 1.00 bits per heavy atom. The van der Waals surface area contributed by atoms with Crippen LogP contribution in [0.1, 0.15) is 0 Å². The molecule has 0 aliphatic rings. The standard InChI is InChI=1S/C40H24N4O/c1-3-10-27(11-4-1)38-42-39(28-12-5-2-6-13-28)44-40(43-38)34-23-41-24-36-37(34)32-20-19-30(22-35(32)45-36)29-18-17-26-16-15-25-9-7-8-14-31(25)33(26)21-29/h1-24H. The molecule has 0 atom stereocenters. The number of hydrogen-bond acceptors (Lipinski definition) is 5. The molecule has 9 rings (SSSR count). The van der Waals surface area contributed by atoms with Crippen molar-refractivity contribution >= 4 is 43.5 Å². The lowest BCUT2D eigenvalue weighted by Gasteiger charge is -2.09. The van der Waals surface area contributed by atoms with Crippen LogP contribution in [-0.4, -0.2) is 19.9 Å². The van der Waals surface area contributed by atoms with Crippen LogP contribution in [0.15, 0.2) is 150 Å². The fourth-order valence-corrected chi connectivity index (χ4v) is 6.19. The van der Waals surface area contributed by atoms with Crippen molar-refractivity contribution in [2.24, 2.45) is 0 Å². The molecule has 0 aliphatic heterocycles. The van der Waals surface area contributed by atoms with E-state index in [4.69, 9.17) is 19.4 Å². The van der Waals surface area contributed by atoms with Crippen LogP contribution in [0.25, 0.3) is 88.8 Å². The summed E-state index contributed by atoms with van der Waals surface area (Å²) < 4.78 is 6.43. The van der Waals surface area contributed by atoms with Gasteiger partial charge in [0, 0.05) is 33.7 Å². The van der Waals surface area contributed by atoms with Crippen LogP contribution in [-0.2, 0) is 0 Å². The van der Waals surface area contributed by atoms with Gasteiger partial charge in [-0.15, -0.1) is 0 Å². The van der Waals surface area contributed by atoms with Gasteiger partial charge >= 0.3 is 0 Å². The molecule has 3 aromatic heterocycles. The third kappa shape index (κ3) is 4.33. The van der Waals surface area contributed by atoms with Crippen LogP contribution in [0.4, 0.5) is 0 Å². The summed E-state index contributed by atoms with van der Waals surface area (Å²) in [5.41, 5.74) is 6.34. The molecule has 0 N–H and O–H groups in total. The number of rotatable bonds is 4. The third-order valence-electron chi connectivity index (χ3n) is 8.40. The van der Waals surface area contributed by atoms with E-state index in [0.717, 1.165) is 44.2 Å². The van der Waals surface area contributed by atoms with Gasteiger partial charge in [0.15, 0.2) is 23.1 Å². The van der Waals surface area contributed by atoms with Crippen molar-refractivity contribution in [3.05, 3.63) is 146 Å². The maximum Gasteiger partial charge on any atom is 0.166 e. The molecule has 0 fully saturated rings. The summed E-state index contributed by atoms with van der Waals surface area (Å²) in [4.78, 5) is 19.3. The van der Waals surface area contributed by atoms with Crippen molar-refractivity contribution in [1.29, 1.82) is 0 Å². The van der Waals surface area contributed by atoms with Crippen LogP contribution in [0, 0.1) is 0 Å². The van der Waals surface area contributed by atoms with Gasteiger partial charge in [0.25, 0.3) is 0 Å². The van der Waals surface area contributed by atoms with E-state index in [1.165, 1.54) is 21.5 Å². The van der Waals surface area contributed by atoms with Crippen molar-refractivity contribution < 1.29 is 4.42 Å². The average molecular weight is 577 g/mol. The normalized spacial score (nSPS) is 11.6. The Bertz CT molecular complexity index is 2480. The second-order valence-corrected chi connectivity index (χ2v) is 11.1. The second-order valence-electron chi connectivity index (χ2n) is 11.1. The van der Waals surface area contributed by atoms with Gasteiger partial charge in [-0.3, -0.25) is 4.98 Å². The fraction of sp³-hybridized carbons (Fsp3) is 0. The van der Waals surface area contributed by atoms with Crippen LogP contribution in [0.2, 0.25) is 0 Å². The van der Waals surface area contributed by atoms with Crippen molar-refractivity contribution in [3.8, 4) is 45.3 Å². The van der Waals surface area contributed by atoms with Crippen LogP contribution >= 0.6 is 0 Å². The number of pyridine rings is 1. The van der Waals surface area contributed by atoms with Gasteiger partial charge < -0.3 is 4.42 Å². The summed E-state index contributed by atoms with van der Waals surface area (Å²) in [7, 11) is 0. The predicted molar refractivity (Wildman–Crippen MR) is 182 cm³/mol. The van der Waals surface area contributed by atoms with Crippen molar-refractivity contribution in [2.75, 3.05) is 0 Å². The zero-order valence-corrected chi connectivity index (χ0v) is 24.1. The number of nitrogens with zero attached hydrogens (tertiary/aromatic N) is 4. The summed E-state index contributed by atoms with van der Waals surface area (Å²) >= 11 is 0. The maximum atomic E-state index is 6.43. The van der Waals surface area contributed by atoms with Gasteiger partial charge in [-0.05, 0) is 50.9 Å². The Hall–Kier alpha value is -6.20. The molecule has 5 nitrogen and oxygen atoms in total. The van der Waals surface area contributed by atoms with E-state index < -0.39 is 0 Å². The van der Waals surface area contributed by atoms with E-state index in [1.807, 2.05) is 66.9 Å². The SMILES string of the molecule is c1ccc(-c2nc(-c3ccccc3)nc(-c3cncc4oc5cc(-c6ccc7ccc8ccccc8c7c6)ccc5c34)n2)cc1. The molecular weight excluding hydrogens is 552 g/mol. The second kappa shape index (κ2) is 10.2. The minimum Gasteiger partial charge on any atom is -0.454 e. The molecule has 0 spiro atoms. The van der Waals surface area contributed by atoms with Crippen molar-refractivity contribution in [3.63, 3.8) is 0 Å². The number of benzene rings is 6. The molecule has 0 unspecified atom stereocenters. The molecule has 0 saturated carbocycles. The Morgan fingerprint density at radius 1 is 0.400 bits per heavy atom. The highest BCUT2D eigenvalue weighted by Crippen LogP contribution is 2.38. The Morgan fingerprint density at radius 3 is 1.76 bits per heavy atom. The molecule has 3 heterocycles. The minimum absolute atomic E-state index is 0.550. The van der Waals surface area contributed by atoms with Gasteiger partial charge in [0.1, 0.15) is 5.58 Å².